The number of thiocarbonyl (C=S) groups is 1. The third-order valence-corrected chi connectivity index (χ3v) is 3.67. The molecule has 0 saturated heterocycles. The van der Waals surface area contributed by atoms with Crippen LogP contribution in [0, 0.1) is 0 Å². The van der Waals surface area contributed by atoms with Gasteiger partial charge in [0.05, 0.1) is 0 Å². The number of hydrogen-bond acceptors (Lipinski definition) is 2. The Kier molecular flexibility index (Phi) is 4.13. The molecule has 3 nitrogen and oxygen atoms in total. The van der Waals surface area contributed by atoms with Crippen molar-refractivity contribution >= 4 is 51.1 Å². The average molecular weight is 329 g/mol. The van der Waals surface area contributed by atoms with E-state index in [0.717, 1.165) is 22.1 Å². The number of phenolic OH excluding ortho intramolecular Hbond substituents is 1. The molecular weight excluding hydrogens is 316 g/mol. The highest BCUT2D eigenvalue weighted by molar-refractivity contribution is 7.80. The van der Waals surface area contributed by atoms with E-state index in [9.17, 15) is 5.11 Å². The van der Waals surface area contributed by atoms with Crippen LogP contribution < -0.4 is 10.6 Å². The van der Waals surface area contributed by atoms with E-state index in [1.54, 1.807) is 24.3 Å². The van der Waals surface area contributed by atoms with Gasteiger partial charge in [-0.3, -0.25) is 0 Å². The number of phenols is 1. The van der Waals surface area contributed by atoms with E-state index in [1.807, 2.05) is 36.4 Å². The number of nitrogens with one attached hydrogen (secondary N) is 2. The maximum Gasteiger partial charge on any atom is 0.175 e. The van der Waals surface area contributed by atoms with Crippen molar-refractivity contribution < 1.29 is 5.11 Å². The van der Waals surface area contributed by atoms with Crippen molar-refractivity contribution in [2.45, 2.75) is 0 Å². The monoisotopic (exact) mass is 328 g/mol. The lowest BCUT2D eigenvalue weighted by Gasteiger charge is -2.13. The predicted octanol–water partition coefficient (Wildman–Crippen LogP) is 5.01. The second-order valence-electron chi connectivity index (χ2n) is 4.77. The first-order valence-corrected chi connectivity index (χ1v) is 7.46. The summed E-state index contributed by atoms with van der Waals surface area (Å²) in [5.74, 6) is 0.245. The molecule has 0 spiro atoms. The molecule has 0 atom stereocenters. The molecule has 0 radical (unpaired) electrons. The molecule has 0 aliphatic heterocycles. The van der Waals surface area contributed by atoms with Crippen molar-refractivity contribution in [3.05, 3.63) is 65.7 Å². The highest BCUT2D eigenvalue weighted by atomic mass is 35.5. The van der Waals surface area contributed by atoms with E-state index in [2.05, 4.69) is 10.6 Å². The lowest BCUT2D eigenvalue weighted by Crippen LogP contribution is -2.19. The van der Waals surface area contributed by atoms with Crippen LogP contribution in [-0.2, 0) is 0 Å². The molecule has 0 amide bonds. The second-order valence-corrected chi connectivity index (χ2v) is 5.61. The highest BCUT2D eigenvalue weighted by Gasteiger charge is 2.06. The van der Waals surface area contributed by atoms with Gasteiger partial charge in [0.1, 0.15) is 5.75 Å². The molecule has 3 N–H and O–H groups in total. The number of fused-ring (bicyclic) bond motifs is 1. The van der Waals surface area contributed by atoms with E-state index in [0.29, 0.717) is 10.1 Å². The number of halogens is 1. The minimum absolute atomic E-state index is 0.245. The van der Waals surface area contributed by atoms with Crippen LogP contribution in [-0.4, -0.2) is 10.2 Å². The fourth-order valence-corrected chi connectivity index (χ4v) is 2.67. The Labute approximate surface area is 138 Å². The van der Waals surface area contributed by atoms with Gasteiger partial charge < -0.3 is 15.7 Å². The normalized spacial score (nSPS) is 10.4. The summed E-state index contributed by atoms with van der Waals surface area (Å²) in [5, 5.41) is 18.9. The Bertz CT molecular complexity index is 851. The Hall–Kier alpha value is -2.30. The van der Waals surface area contributed by atoms with E-state index >= 15 is 0 Å². The van der Waals surface area contributed by atoms with Gasteiger partial charge in [-0.1, -0.05) is 41.9 Å². The fourth-order valence-electron chi connectivity index (χ4n) is 2.25. The van der Waals surface area contributed by atoms with Crippen LogP contribution in [0.4, 0.5) is 11.4 Å². The largest absolute Gasteiger partial charge is 0.507 e. The minimum atomic E-state index is 0.245. The highest BCUT2D eigenvalue weighted by Crippen LogP contribution is 2.29. The average Bonchev–Trinajstić information content (AvgIpc) is 2.48. The van der Waals surface area contributed by atoms with Gasteiger partial charge in [0.25, 0.3) is 0 Å². The van der Waals surface area contributed by atoms with Crippen molar-refractivity contribution in [3.63, 3.8) is 0 Å². The Morgan fingerprint density at radius 3 is 2.45 bits per heavy atom. The first-order chi connectivity index (χ1) is 10.6. The third kappa shape index (κ3) is 3.13. The summed E-state index contributed by atoms with van der Waals surface area (Å²) in [4.78, 5) is 0. The molecule has 0 unspecified atom stereocenters. The Balaban J connectivity index is 1.84. The van der Waals surface area contributed by atoms with Crippen molar-refractivity contribution in [2.24, 2.45) is 0 Å². The second kappa shape index (κ2) is 6.22. The molecule has 5 heteroatoms. The van der Waals surface area contributed by atoms with Gasteiger partial charge >= 0.3 is 0 Å². The lowest BCUT2D eigenvalue weighted by atomic mass is 10.1. The molecular formula is C17H13ClN2OS. The smallest absolute Gasteiger partial charge is 0.175 e. The SMILES string of the molecule is Oc1cccc2c(NC(=S)Nc3cccc(Cl)c3)cccc12. The summed E-state index contributed by atoms with van der Waals surface area (Å²) < 4.78 is 0. The zero-order valence-electron chi connectivity index (χ0n) is 11.5. The lowest BCUT2D eigenvalue weighted by molar-refractivity contribution is 0.481. The van der Waals surface area contributed by atoms with Gasteiger partial charge in [0.2, 0.25) is 0 Å². The molecule has 3 aromatic rings. The van der Waals surface area contributed by atoms with Crippen molar-refractivity contribution in [1.82, 2.24) is 0 Å². The molecule has 110 valence electrons. The van der Waals surface area contributed by atoms with Gasteiger partial charge in [-0.25, -0.2) is 0 Å². The van der Waals surface area contributed by atoms with Gasteiger partial charge in [-0.2, -0.15) is 0 Å². The van der Waals surface area contributed by atoms with Crippen LogP contribution >= 0.6 is 23.8 Å². The van der Waals surface area contributed by atoms with E-state index in [1.165, 1.54) is 0 Å². The Morgan fingerprint density at radius 2 is 1.64 bits per heavy atom. The summed E-state index contributed by atoms with van der Waals surface area (Å²) in [5.41, 5.74) is 1.64. The molecule has 0 aromatic heterocycles. The zero-order valence-corrected chi connectivity index (χ0v) is 13.1. The molecule has 0 heterocycles. The fraction of sp³-hybridized carbons (Fsp3) is 0. The van der Waals surface area contributed by atoms with Gasteiger partial charge in [0, 0.05) is 27.2 Å². The van der Waals surface area contributed by atoms with Crippen molar-refractivity contribution in [2.75, 3.05) is 10.6 Å². The summed E-state index contributed by atoms with van der Waals surface area (Å²) >= 11 is 11.3. The van der Waals surface area contributed by atoms with Crippen LogP contribution in [0.1, 0.15) is 0 Å². The van der Waals surface area contributed by atoms with Gasteiger partial charge in [0.15, 0.2) is 5.11 Å². The molecule has 0 bridgehead atoms. The number of benzene rings is 3. The van der Waals surface area contributed by atoms with Crippen LogP contribution in [0.5, 0.6) is 5.75 Å². The molecule has 0 aliphatic carbocycles. The number of rotatable bonds is 2. The van der Waals surface area contributed by atoms with Crippen molar-refractivity contribution in [3.8, 4) is 5.75 Å². The predicted molar refractivity (Wildman–Crippen MR) is 96.9 cm³/mol. The molecule has 0 aliphatic rings. The molecule has 22 heavy (non-hydrogen) atoms. The molecule has 3 aromatic carbocycles. The van der Waals surface area contributed by atoms with E-state index in [-0.39, 0.29) is 5.75 Å². The zero-order chi connectivity index (χ0) is 15.5. The van der Waals surface area contributed by atoms with Crippen LogP contribution in [0.15, 0.2) is 60.7 Å². The van der Waals surface area contributed by atoms with Crippen molar-refractivity contribution in [1.29, 1.82) is 0 Å². The third-order valence-electron chi connectivity index (χ3n) is 3.23. The minimum Gasteiger partial charge on any atom is -0.507 e. The summed E-state index contributed by atoms with van der Waals surface area (Å²) in [6.45, 7) is 0. The summed E-state index contributed by atoms with van der Waals surface area (Å²) in [6, 6.07) is 18.4. The van der Waals surface area contributed by atoms with Crippen LogP contribution in [0.25, 0.3) is 10.8 Å². The Morgan fingerprint density at radius 1 is 0.909 bits per heavy atom. The number of hydrogen-bond donors (Lipinski definition) is 3. The quantitative estimate of drug-likeness (QED) is 0.579. The number of aromatic hydroxyl groups is 1. The van der Waals surface area contributed by atoms with E-state index < -0.39 is 0 Å². The van der Waals surface area contributed by atoms with Gasteiger partial charge in [-0.05, 0) is 42.5 Å². The first-order valence-electron chi connectivity index (χ1n) is 6.68. The van der Waals surface area contributed by atoms with Crippen LogP contribution in [0.3, 0.4) is 0 Å². The summed E-state index contributed by atoms with van der Waals surface area (Å²) in [6.07, 6.45) is 0. The number of anilines is 2. The maximum atomic E-state index is 9.90. The first kappa shape index (κ1) is 14.6. The topological polar surface area (TPSA) is 44.3 Å². The van der Waals surface area contributed by atoms with Crippen LogP contribution in [0.2, 0.25) is 5.02 Å². The molecule has 0 fully saturated rings. The molecule has 0 saturated carbocycles. The maximum absolute atomic E-state index is 9.90. The van der Waals surface area contributed by atoms with Gasteiger partial charge in [-0.15, -0.1) is 0 Å². The van der Waals surface area contributed by atoms with E-state index in [4.69, 9.17) is 23.8 Å². The molecule has 3 rings (SSSR count). The summed E-state index contributed by atoms with van der Waals surface area (Å²) in [7, 11) is 0. The standard InChI is InChI=1S/C17H13ClN2OS/c18-11-4-1-5-12(10-11)19-17(22)20-15-8-2-7-14-13(15)6-3-9-16(14)21/h1-10,21H,(H2,19,20,22).